The van der Waals surface area contributed by atoms with Crippen molar-refractivity contribution >= 4 is 22.3 Å². The number of nitriles is 2. The molecule has 0 saturated carbocycles. The molecule has 0 spiro atoms. The minimum Gasteiger partial charge on any atom is -0.497 e. The Balaban J connectivity index is 1.89. The van der Waals surface area contributed by atoms with E-state index in [-0.39, 0.29) is 5.75 Å². The number of methoxy groups -OCH3 is 1. The summed E-state index contributed by atoms with van der Waals surface area (Å²) in [6.45, 7) is 0. The van der Waals surface area contributed by atoms with E-state index in [1.165, 1.54) is 0 Å². The summed E-state index contributed by atoms with van der Waals surface area (Å²) in [6.07, 6.45) is 4.27. The molecule has 3 aromatic carbocycles. The van der Waals surface area contributed by atoms with Gasteiger partial charge >= 0.3 is 0 Å². The van der Waals surface area contributed by atoms with Crippen LogP contribution in [0.25, 0.3) is 10.9 Å². The van der Waals surface area contributed by atoms with Gasteiger partial charge in [-0.3, -0.25) is 4.98 Å². The second-order valence-corrected chi connectivity index (χ2v) is 6.79. The fourth-order valence-electron chi connectivity index (χ4n) is 3.52. The van der Waals surface area contributed by atoms with Gasteiger partial charge in [-0.2, -0.15) is 5.26 Å². The lowest BCUT2D eigenvalue weighted by atomic mass is 9.96. The van der Waals surface area contributed by atoms with Crippen molar-refractivity contribution in [1.29, 1.82) is 10.5 Å². The molecule has 1 N–H and O–H groups in total. The molecular weight excluding hydrogens is 404 g/mol. The number of benzene rings is 3. The van der Waals surface area contributed by atoms with Crippen LogP contribution in [-0.4, -0.2) is 12.1 Å². The number of nitrogens with zero attached hydrogens (tertiary/aromatic N) is 3. The molecule has 7 heteroatoms. The van der Waals surface area contributed by atoms with Gasteiger partial charge in [0.05, 0.1) is 7.11 Å². The number of hydrogen-bond acceptors (Lipinski definition) is 7. The highest BCUT2D eigenvalue weighted by Gasteiger charge is 2.26. The van der Waals surface area contributed by atoms with Crippen LogP contribution < -0.4 is 14.8 Å². The van der Waals surface area contributed by atoms with Gasteiger partial charge in [0.1, 0.15) is 11.3 Å². The van der Waals surface area contributed by atoms with E-state index in [0.29, 0.717) is 28.1 Å². The maximum atomic E-state index is 9.44. The highest BCUT2D eigenvalue weighted by Crippen LogP contribution is 2.41. The SMILES string of the molecule is COc1ccc(C(OC#N)c2ccc3cccnc3c2OC#N)c(Nc2ccccc2)c1. The van der Waals surface area contributed by atoms with E-state index in [1.54, 1.807) is 44.0 Å². The third-order valence-electron chi connectivity index (χ3n) is 4.96. The zero-order valence-corrected chi connectivity index (χ0v) is 17.1. The van der Waals surface area contributed by atoms with Crippen LogP contribution in [0.3, 0.4) is 0 Å². The lowest BCUT2D eigenvalue weighted by molar-refractivity contribution is 0.199. The van der Waals surface area contributed by atoms with Crippen LogP contribution in [-0.2, 0) is 4.74 Å². The van der Waals surface area contributed by atoms with Gasteiger partial charge in [-0.05, 0) is 30.3 Å². The zero-order chi connectivity index (χ0) is 22.3. The molecule has 1 aromatic heterocycles. The van der Waals surface area contributed by atoms with Gasteiger partial charge in [-0.1, -0.05) is 36.4 Å². The second kappa shape index (κ2) is 9.38. The molecule has 1 heterocycles. The van der Waals surface area contributed by atoms with Crippen molar-refractivity contribution in [3.05, 3.63) is 90.1 Å². The maximum Gasteiger partial charge on any atom is 0.292 e. The predicted molar refractivity (Wildman–Crippen MR) is 119 cm³/mol. The minimum atomic E-state index is -0.855. The molecule has 1 atom stereocenters. The van der Waals surface area contributed by atoms with E-state index in [4.69, 9.17) is 14.2 Å². The molecule has 0 fully saturated rings. The highest BCUT2D eigenvalue weighted by atomic mass is 16.5. The number of hydrogen-bond donors (Lipinski definition) is 1. The van der Waals surface area contributed by atoms with Gasteiger partial charge < -0.3 is 19.5 Å². The maximum absolute atomic E-state index is 9.44. The third kappa shape index (κ3) is 4.09. The standard InChI is InChI=1S/C25H18N4O3/c1-30-19-10-12-20(22(14-19)29-18-7-3-2-4-8-18)24(31-15-26)21-11-9-17-6-5-13-28-23(17)25(21)32-16-27/h2-14,24,29H,1H3. The summed E-state index contributed by atoms with van der Waals surface area (Å²) in [7, 11) is 1.58. The Morgan fingerprint density at radius 3 is 2.47 bits per heavy atom. The third-order valence-corrected chi connectivity index (χ3v) is 4.96. The first-order valence-corrected chi connectivity index (χ1v) is 9.73. The Kier molecular flexibility index (Phi) is 6.01. The second-order valence-electron chi connectivity index (χ2n) is 6.79. The van der Waals surface area contributed by atoms with Gasteiger partial charge in [-0.25, -0.2) is 0 Å². The number of aromatic nitrogens is 1. The molecule has 0 radical (unpaired) electrons. The van der Waals surface area contributed by atoms with E-state index < -0.39 is 6.10 Å². The van der Waals surface area contributed by atoms with Gasteiger partial charge in [0.2, 0.25) is 0 Å². The number of ether oxygens (including phenoxy) is 3. The van der Waals surface area contributed by atoms with E-state index in [1.807, 2.05) is 54.6 Å². The van der Waals surface area contributed by atoms with Crippen LogP contribution in [0.5, 0.6) is 11.5 Å². The Morgan fingerprint density at radius 1 is 0.906 bits per heavy atom. The van der Waals surface area contributed by atoms with Crippen molar-refractivity contribution in [2.24, 2.45) is 0 Å². The predicted octanol–water partition coefficient (Wildman–Crippen LogP) is 5.43. The van der Waals surface area contributed by atoms with E-state index in [0.717, 1.165) is 11.1 Å². The fourth-order valence-corrected chi connectivity index (χ4v) is 3.52. The lowest BCUT2D eigenvalue weighted by Crippen LogP contribution is -2.09. The van der Waals surface area contributed by atoms with Crippen molar-refractivity contribution in [3.63, 3.8) is 0 Å². The Labute approximate surface area is 185 Å². The first-order chi connectivity index (χ1) is 15.7. The van der Waals surface area contributed by atoms with Gasteiger partial charge in [0, 0.05) is 40.2 Å². The van der Waals surface area contributed by atoms with Crippen molar-refractivity contribution in [2.45, 2.75) is 6.10 Å². The summed E-state index contributed by atoms with van der Waals surface area (Å²) >= 11 is 0. The first kappa shape index (κ1) is 20.5. The summed E-state index contributed by atoms with van der Waals surface area (Å²) in [5, 5.41) is 22.9. The monoisotopic (exact) mass is 422 g/mol. The summed E-state index contributed by atoms with van der Waals surface area (Å²) < 4.78 is 16.2. The summed E-state index contributed by atoms with van der Waals surface area (Å²) in [6, 6.07) is 22.3. The molecule has 32 heavy (non-hydrogen) atoms. The highest BCUT2D eigenvalue weighted by molar-refractivity contribution is 5.86. The van der Waals surface area contributed by atoms with E-state index >= 15 is 0 Å². The summed E-state index contributed by atoms with van der Waals surface area (Å²) in [5.41, 5.74) is 3.20. The van der Waals surface area contributed by atoms with Crippen LogP contribution in [0.1, 0.15) is 17.2 Å². The quantitative estimate of drug-likeness (QED) is 0.396. The lowest BCUT2D eigenvalue weighted by Gasteiger charge is -2.22. The first-order valence-electron chi connectivity index (χ1n) is 9.73. The Morgan fingerprint density at radius 2 is 1.72 bits per heavy atom. The van der Waals surface area contributed by atoms with Crippen LogP contribution in [0.15, 0.2) is 79.0 Å². The molecule has 156 valence electrons. The molecule has 4 rings (SSSR count). The number of pyridine rings is 1. The number of rotatable bonds is 7. The number of fused-ring (bicyclic) bond motifs is 1. The molecule has 0 aliphatic carbocycles. The van der Waals surface area contributed by atoms with E-state index in [2.05, 4.69) is 10.3 Å². The molecule has 4 aromatic rings. The average molecular weight is 422 g/mol. The average Bonchev–Trinajstić information content (AvgIpc) is 2.84. The van der Waals surface area contributed by atoms with Gasteiger partial charge in [0.25, 0.3) is 12.5 Å². The number of para-hydroxylation sites is 1. The van der Waals surface area contributed by atoms with Crippen molar-refractivity contribution in [1.82, 2.24) is 4.98 Å². The van der Waals surface area contributed by atoms with Gasteiger partial charge in [-0.15, -0.1) is 5.26 Å². The number of nitrogens with one attached hydrogen (secondary N) is 1. The van der Waals surface area contributed by atoms with Crippen molar-refractivity contribution in [3.8, 4) is 24.0 Å². The molecule has 0 amide bonds. The topological polar surface area (TPSA) is 100 Å². The Hall–Kier alpha value is -4.75. The van der Waals surface area contributed by atoms with Crippen LogP contribution in [0, 0.1) is 23.0 Å². The van der Waals surface area contributed by atoms with Crippen molar-refractivity contribution in [2.75, 3.05) is 12.4 Å². The smallest absolute Gasteiger partial charge is 0.292 e. The molecule has 7 nitrogen and oxygen atoms in total. The molecule has 0 bridgehead atoms. The van der Waals surface area contributed by atoms with Crippen LogP contribution >= 0.6 is 0 Å². The van der Waals surface area contributed by atoms with Crippen molar-refractivity contribution < 1.29 is 14.2 Å². The Bertz CT molecular complexity index is 1330. The molecular formula is C25H18N4O3. The van der Waals surface area contributed by atoms with Crippen LogP contribution in [0.2, 0.25) is 0 Å². The minimum absolute atomic E-state index is 0.243. The normalized spacial score (nSPS) is 11.1. The largest absolute Gasteiger partial charge is 0.497 e. The van der Waals surface area contributed by atoms with Crippen LogP contribution in [0.4, 0.5) is 11.4 Å². The number of anilines is 2. The molecule has 1 unspecified atom stereocenters. The summed E-state index contributed by atoms with van der Waals surface area (Å²) in [5.74, 6) is 0.879. The molecule has 0 aliphatic heterocycles. The molecule has 0 saturated heterocycles. The zero-order valence-electron chi connectivity index (χ0n) is 17.1. The van der Waals surface area contributed by atoms with Gasteiger partial charge in [0.15, 0.2) is 11.9 Å². The van der Waals surface area contributed by atoms with E-state index in [9.17, 15) is 10.5 Å². The summed E-state index contributed by atoms with van der Waals surface area (Å²) in [4.78, 5) is 4.36. The molecule has 0 aliphatic rings. The fraction of sp³-hybridized carbons (Fsp3) is 0.0800.